The highest BCUT2D eigenvalue weighted by atomic mass is 32.2. The third-order valence-electron chi connectivity index (χ3n) is 2.02. The quantitative estimate of drug-likeness (QED) is 0.592. The summed E-state index contributed by atoms with van der Waals surface area (Å²) in [7, 11) is 0. The summed E-state index contributed by atoms with van der Waals surface area (Å²) in [6, 6.07) is 8.59. The predicted molar refractivity (Wildman–Crippen MR) is 48.7 cm³/mol. The molecule has 0 saturated carbocycles. The summed E-state index contributed by atoms with van der Waals surface area (Å²) in [5.41, 5.74) is 1.48. The topological polar surface area (TPSA) is 12.0 Å². The smallest absolute Gasteiger partial charge is 0.0263 e. The highest BCUT2D eigenvalue weighted by Crippen LogP contribution is 2.30. The van der Waals surface area contributed by atoms with Gasteiger partial charge in [0, 0.05) is 11.4 Å². The molecule has 1 N–H and O–H groups in total. The molecule has 1 heterocycles. The van der Waals surface area contributed by atoms with Crippen molar-refractivity contribution in [1.82, 2.24) is 4.72 Å². The number of rotatable bonds is 0. The lowest BCUT2D eigenvalue weighted by atomic mass is 10.0. The van der Waals surface area contributed by atoms with Crippen LogP contribution in [-0.4, -0.2) is 6.54 Å². The van der Waals surface area contributed by atoms with Gasteiger partial charge in [-0.15, -0.1) is 0 Å². The van der Waals surface area contributed by atoms with Crippen LogP contribution in [0.5, 0.6) is 0 Å². The van der Waals surface area contributed by atoms with Gasteiger partial charge in [0.05, 0.1) is 0 Å². The van der Waals surface area contributed by atoms with Crippen molar-refractivity contribution in [2.24, 2.45) is 0 Å². The van der Waals surface area contributed by atoms with E-state index in [0.717, 1.165) is 6.54 Å². The van der Waals surface area contributed by atoms with E-state index in [-0.39, 0.29) is 0 Å². The van der Waals surface area contributed by atoms with Gasteiger partial charge < -0.3 is 0 Å². The van der Waals surface area contributed by atoms with E-state index in [1.165, 1.54) is 10.5 Å². The number of hydrogen-bond acceptors (Lipinski definition) is 2. The standard InChI is InChI=1S/C9H11NS/c1-7-6-10-11-9-5-3-2-4-8(7)9/h2-5,7,10H,6H2,1H3. The van der Waals surface area contributed by atoms with Crippen LogP contribution in [0.25, 0.3) is 0 Å². The Kier molecular flexibility index (Phi) is 1.88. The van der Waals surface area contributed by atoms with Gasteiger partial charge in [0.1, 0.15) is 0 Å². The second-order valence-corrected chi connectivity index (χ2v) is 3.82. The molecular formula is C9H11NS. The van der Waals surface area contributed by atoms with Crippen LogP contribution in [0.4, 0.5) is 0 Å². The van der Waals surface area contributed by atoms with Crippen LogP contribution in [0.2, 0.25) is 0 Å². The van der Waals surface area contributed by atoms with E-state index in [1.807, 2.05) is 0 Å². The van der Waals surface area contributed by atoms with E-state index in [9.17, 15) is 0 Å². The van der Waals surface area contributed by atoms with E-state index in [0.29, 0.717) is 5.92 Å². The fourth-order valence-electron chi connectivity index (χ4n) is 1.33. The number of nitrogens with one attached hydrogen (secondary N) is 1. The molecule has 1 atom stereocenters. The molecule has 1 aromatic rings. The summed E-state index contributed by atoms with van der Waals surface area (Å²) in [4.78, 5) is 1.38. The van der Waals surface area contributed by atoms with Crippen molar-refractivity contribution in [3.05, 3.63) is 29.8 Å². The van der Waals surface area contributed by atoms with Crippen LogP contribution in [0.3, 0.4) is 0 Å². The molecule has 0 bridgehead atoms. The second-order valence-electron chi connectivity index (χ2n) is 2.89. The minimum atomic E-state index is 0.660. The van der Waals surface area contributed by atoms with Crippen molar-refractivity contribution in [3.8, 4) is 0 Å². The van der Waals surface area contributed by atoms with Gasteiger partial charge >= 0.3 is 0 Å². The Morgan fingerprint density at radius 2 is 2.27 bits per heavy atom. The molecule has 0 saturated heterocycles. The summed E-state index contributed by atoms with van der Waals surface area (Å²) in [6.07, 6.45) is 0. The lowest BCUT2D eigenvalue weighted by Gasteiger charge is -2.21. The molecule has 1 nitrogen and oxygen atoms in total. The molecule has 0 aliphatic carbocycles. The molecular weight excluding hydrogens is 154 g/mol. The maximum absolute atomic E-state index is 3.31. The predicted octanol–water partition coefficient (Wildman–Crippen LogP) is 2.40. The lowest BCUT2D eigenvalue weighted by Crippen LogP contribution is -2.18. The second kappa shape index (κ2) is 2.88. The molecule has 1 aliphatic rings. The van der Waals surface area contributed by atoms with Crippen LogP contribution in [0, 0.1) is 0 Å². The SMILES string of the molecule is CC1CNSc2ccccc21. The van der Waals surface area contributed by atoms with Gasteiger partial charge in [-0.2, -0.15) is 0 Å². The summed E-state index contributed by atoms with van der Waals surface area (Å²) in [5, 5.41) is 0. The maximum atomic E-state index is 3.31. The van der Waals surface area contributed by atoms with Gasteiger partial charge in [0.25, 0.3) is 0 Å². The third-order valence-corrected chi connectivity index (χ3v) is 2.92. The first-order valence-corrected chi connectivity index (χ1v) is 4.68. The molecule has 2 rings (SSSR count). The van der Waals surface area contributed by atoms with Crippen molar-refractivity contribution in [2.75, 3.05) is 6.54 Å². The van der Waals surface area contributed by atoms with E-state index >= 15 is 0 Å². The summed E-state index contributed by atoms with van der Waals surface area (Å²) >= 11 is 1.74. The third kappa shape index (κ3) is 1.28. The number of benzene rings is 1. The zero-order valence-corrected chi connectivity index (χ0v) is 7.32. The van der Waals surface area contributed by atoms with Gasteiger partial charge in [0.15, 0.2) is 0 Å². The Morgan fingerprint density at radius 3 is 3.09 bits per heavy atom. The molecule has 0 radical (unpaired) electrons. The Balaban J connectivity index is 2.44. The van der Waals surface area contributed by atoms with Gasteiger partial charge in [-0.3, -0.25) is 4.72 Å². The van der Waals surface area contributed by atoms with Crippen LogP contribution in [0.1, 0.15) is 18.4 Å². The Bertz CT molecular complexity index is 259. The van der Waals surface area contributed by atoms with Gasteiger partial charge in [-0.25, -0.2) is 0 Å². The Hall–Kier alpha value is -0.470. The highest BCUT2D eigenvalue weighted by Gasteiger charge is 2.14. The first kappa shape index (κ1) is 7.19. The minimum Gasteiger partial charge on any atom is -0.259 e. The summed E-state index contributed by atoms with van der Waals surface area (Å²) in [6.45, 7) is 3.34. The first-order valence-electron chi connectivity index (χ1n) is 3.86. The maximum Gasteiger partial charge on any atom is 0.0263 e. The fourth-order valence-corrected chi connectivity index (χ4v) is 2.36. The van der Waals surface area contributed by atoms with Crippen LogP contribution in [0.15, 0.2) is 29.2 Å². The molecule has 0 amide bonds. The van der Waals surface area contributed by atoms with E-state index in [1.54, 1.807) is 11.9 Å². The fraction of sp³-hybridized carbons (Fsp3) is 0.333. The molecule has 0 fully saturated rings. The average molecular weight is 165 g/mol. The van der Waals surface area contributed by atoms with E-state index < -0.39 is 0 Å². The molecule has 58 valence electrons. The van der Waals surface area contributed by atoms with Crippen molar-refractivity contribution >= 4 is 11.9 Å². The number of fused-ring (bicyclic) bond motifs is 1. The molecule has 0 spiro atoms. The van der Waals surface area contributed by atoms with Gasteiger partial charge in [-0.1, -0.05) is 25.1 Å². The largest absolute Gasteiger partial charge is 0.259 e. The zero-order chi connectivity index (χ0) is 7.68. The van der Waals surface area contributed by atoms with E-state index in [2.05, 4.69) is 35.9 Å². The van der Waals surface area contributed by atoms with Crippen molar-refractivity contribution in [1.29, 1.82) is 0 Å². The molecule has 1 unspecified atom stereocenters. The molecule has 11 heavy (non-hydrogen) atoms. The van der Waals surface area contributed by atoms with E-state index in [4.69, 9.17) is 0 Å². The van der Waals surface area contributed by atoms with Crippen molar-refractivity contribution in [2.45, 2.75) is 17.7 Å². The van der Waals surface area contributed by atoms with Crippen molar-refractivity contribution in [3.63, 3.8) is 0 Å². The Morgan fingerprint density at radius 1 is 1.45 bits per heavy atom. The molecule has 1 aliphatic heterocycles. The number of hydrogen-bond donors (Lipinski definition) is 1. The summed E-state index contributed by atoms with van der Waals surface area (Å²) < 4.78 is 3.31. The normalized spacial score (nSPS) is 22.8. The van der Waals surface area contributed by atoms with Gasteiger partial charge in [0.2, 0.25) is 0 Å². The van der Waals surface area contributed by atoms with Crippen molar-refractivity contribution < 1.29 is 0 Å². The molecule has 2 heteroatoms. The monoisotopic (exact) mass is 165 g/mol. The highest BCUT2D eigenvalue weighted by molar-refractivity contribution is 7.97. The Labute approximate surface area is 71.3 Å². The zero-order valence-electron chi connectivity index (χ0n) is 6.50. The van der Waals surface area contributed by atoms with Crippen LogP contribution in [-0.2, 0) is 0 Å². The molecule has 0 aromatic heterocycles. The minimum absolute atomic E-state index is 0.660. The first-order chi connectivity index (χ1) is 5.38. The molecule has 1 aromatic carbocycles. The van der Waals surface area contributed by atoms with Gasteiger partial charge in [-0.05, 0) is 29.5 Å². The lowest BCUT2D eigenvalue weighted by molar-refractivity contribution is 0.711. The summed E-state index contributed by atoms with van der Waals surface area (Å²) in [5.74, 6) is 0.660. The van der Waals surface area contributed by atoms with Crippen LogP contribution < -0.4 is 4.72 Å². The van der Waals surface area contributed by atoms with Crippen LogP contribution >= 0.6 is 11.9 Å². The average Bonchev–Trinajstić information content (AvgIpc) is 2.06.